The van der Waals surface area contributed by atoms with Gasteiger partial charge in [-0.2, -0.15) is 5.26 Å². The van der Waals surface area contributed by atoms with E-state index in [2.05, 4.69) is 5.32 Å². The number of carbonyl (C=O) groups is 1. The van der Waals surface area contributed by atoms with Gasteiger partial charge in [-0.25, -0.2) is 4.39 Å². The van der Waals surface area contributed by atoms with Crippen LogP contribution in [0.2, 0.25) is 0 Å². The van der Waals surface area contributed by atoms with Crippen LogP contribution in [0.25, 0.3) is 0 Å². The summed E-state index contributed by atoms with van der Waals surface area (Å²) < 4.78 is 18.0. The second-order valence-corrected chi connectivity index (χ2v) is 4.15. The Balaban J connectivity index is 2.08. The van der Waals surface area contributed by atoms with Gasteiger partial charge in [0.15, 0.2) is 0 Å². The third-order valence-electron chi connectivity index (χ3n) is 2.74. The lowest BCUT2D eigenvalue weighted by atomic mass is 10.1. The zero-order chi connectivity index (χ0) is 14.5. The van der Waals surface area contributed by atoms with Gasteiger partial charge in [0.1, 0.15) is 23.7 Å². The standard InChI is InChI=1S/C14H12FN3O2/c15-10-3-1-9(2-4-10)13(14(17)19)18-8-12-6-5-11(7-16)20-12/h1-6,13,18H,8H2,(H2,17,19)/t13-/m1/s1. The Labute approximate surface area is 114 Å². The maximum Gasteiger partial charge on any atom is 0.239 e. The molecule has 0 bridgehead atoms. The molecule has 0 aliphatic heterocycles. The fourth-order valence-electron chi connectivity index (χ4n) is 1.77. The molecule has 0 unspecified atom stereocenters. The van der Waals surface area contributed by atoms with Gasteiger partial charge >= 0.3 is 0 Å². The molecule has 0 saturated heterocycles. The van der Waals surface area contributed by atoms with Crippen molar-refractivity contribution in [3.63, 3.8) is 0 Å². The first kappa shape index (κ1) is 13.8. The van der Waals surface area contributed by atoms with E-state index < -0.39 is 11.9 Å². The highest BCUT2D eigenvalue weighted by Crippen LogP contribution is 2.15. The smallest absolute Gasteiger partial charge is 0.239 e. The Morgan fingerprint density at radius 2 is 2.05 bits per heavy atom. The molecule has 102 valence electrons. The molecule has 2 aromatic rings. The number of carbonyl (C=O) groups excluding carboxylic acids is 1. The van der Waals surface area contributed by atoms with Gasteiger partial charge in [0.2, 0.25) is 11.7 Å². The van der Waals surface area contributed by atoms with Crippen LogP contribution in [0.3, 0.4) is 0 Å². The predicted octanol–water partition coefficient (Wildman–Crippen LogP) is 1.61. The van der Waals surface area contributed by atoms with E-state index in [0.717, 1.165) is 0 Å². The minimum Gasteiger partial charge on any atom is -0.449 e. The van der Waals surface area contributed by atoms with Crippen molar-refractivity contribution in [2.24, 2.45) is 5.73 Å². The number of benzene rings is 1. The first-order chi connectivity index (χ1) is 9.60. The number of nitriles is 1. The molecule has 0 aliphatic carbocycles. The van der Waals surface area contributed by atoms with Gasteiger partial charge in [-0.05, 0) is 29.8 Å². The zero-order valence-corrected chi connectivity index (χ0v) is 10.5. The summed E-state index contributed by atoms with van der Waals surface area (Å²) in [7, 11) is 0. The van der Waals surface area contributed by atoms with E-state index >= 15 is 0 Å². The van der Waals surface area contributed by atoms with Gasteiger partial charge in [0, 0.05) is 0 Å². The summed E-state index contributed by atoms with van der Waals surface area (Å²) in [5, 5.41) is 11.6. The molecule has 1 amide bonds. The summed E-state index contributed by atoms with van der Waals surface area (Å²) in [5.74, 6) is -0.264. The van der Waals surface area contributed by atoms with Crippen LogP contribution in [0, 0.1) is 17.1 Å². The molecule has 1 heterocycles. The third kappa shape index (κ3) is 3.22. The molecule has 5 nitrogen and oxygen atoms in total. The molecular formula is C14H12FN3O2. The Bertz CT molecular complexity index is 643. The molecule has 1 atom stereocenters. The molecule has 0 spiro atoms. The van der Waals surface area contributed by atoms with E-state index in [9.17, 15) is 9.18 Å². The van der Waals surface area contributed by atoms with Gasteiger partial charge in [0.05, 0.1) is 6.54 Å². The van der Waals surface area contributed by atoms with Gasteiger partial charge in [-0.15, -0.1) is 0 Å². The van der Waals surface area contributed by atoms with Crippen LogP contribution in [0.15, 0.2) is 40.8 Å². The first-order valence-electron chi connectivity index (χ1n) is 5.87. The summed E-state index contributed by atoms with van der Waals surface area (Å²) >= 11 is 0. The lowest BCUT2D eigenvalue weighted by Crippen LogP contribution is -2.33. The minimum absolute atomic E-state index is 0.194. The highest BCUT2D eigenvalue weighted by molar-refractivity contribution is 5.81. The predicted molar refractivity (Wildman–Crippen MR) is 68.6 cm³/mol. The number of nitrogens with two attached hydrogens (primary N) is 1. The molecule has 0 radical (unpaired) electrons. The number of primary amides is 1. The highest BCUT2D eigenvalue weighted by atomic mass is 19.1. The number of nitrogens with one attached hydrogen (secondary N) is 1. The number of hydrogen-bond acceptors (Lipinski definition) is 4. The first-order valence-corrected chi connectivity index (χ1v) is 5.87. The van der Waals surface area contributed by atoms with Crippen molar-refractivity contribution < 1.29 is 13.6 Å². The normalized spacial score (nSPS) is 11.8. The number of amides is 1. The Morgan fingerprint density at radius 1 is 1.35 bits per heavy atom. The minimum atomic E-state index is -0.758. The van der Waals surface area contributed by atoms with E-state index in [0.29, 0.717) is 11.3 Å². The van der Waals surface area contributed by atoms with E-state index in [4.69, 9.17) is 15.4 Å². The van der Waals surface area contributed by atoms with Crippen molar-refractivity contribution in [1.82, 2.24) is 5.32 Å². The van der Waals surface area contributed by atoms with Crippen LogP contribution in [0.5, 0.6) is 0 Å². The lowest BCUT2D eigenvalue weighted by molar-refractivity contribution is -0.120. The third-order valence-corrected chi connectivity index (χ3v) is 2.74. The van der Waals surface area contributed by atoms with Crippen molar-refractivity contribution in [2.45, 2.75) is 12.6 Å². The second kappa shape index (κ2) is 5.99. The molecule has 1 aromatic carbocycles. The molecule has 2 rings (SSSR count). The number of halogens is 1. The molecule has 0 saturated carbocycles. The molecule has 1 aromatic heterocycles. The summed E-state index contributed by atoms with van der Waals surface area (Å²) in [6.07, 6.45) is 0. The van der Waals surface area contributed by atoms with Crippen molar-refractivity contribution in [3.8, 4) is 6.07 Å². The van der Waals surface area contributed by atoms with Gasteiger partial charge in [0.25, 0.3) is 0 Å². The summed E-state index contributed by atoms with van der Waals surface area (Å²) in [6, 6.07) is 9.77. The Morgan fingerprint density at radius 3 is 2.60 bits per heavy atom. The maximum absolute atomic E-state index is 12.9. The molecule has 6 heteroatoms. The molecular weight excluding hydrogens is 261 g/mol. The average Bonchev–Trinajstić information content (AvgIpc) is 2.88. The number of hydrogen-bond donors (Lipinski definition) is 2. The van der Waals surface area contributed by atoms with Crippen LogP contribution >= 0.6 is 0 Å². The quantitative estimate of drug-likeness (QED) is 0.865. The Kier molecular flexibility index (Phi) is 4.13. The number of nitrogens with zero attached hydrogens (tertiary/aromatic N) is 1. The largest absolute Gasteiger partial charge is 0.449 e. The van der Waals surface area contributed by atoms with Crippen LogP contribution in [-0.4, -0.2) is 5.91 Å². The van der Waals surface area contributed by atoms with Crippen molar-refractivity contribution in [2.75, 3.05) is 0 Å². The van der Waals surface area contributed by atoms with E-state index in [1.807, 2.05) is 6.07 Å². The molecule has 0 fully saturated rings. The topological polar surface area (TPSA) is 92.0 Å². The van der Waals surface area contributed by atoms with Gasteiger partial charge in [-0.3, -0.25) is 10.1 Å². The average molecular weight is 273 g/mol. The zero-order valence-electron chi connectivity index (χ0n) is 10.5. The monoisotopic (exact) mass is 273 g/mol. The number of rotatable bonds is 5. The maximum atomic E-state index is 12.9. The molecule has 3 N–H and O–H groups in total. The van der Waals surface area contributed by atoms with Crippen LogP contribution in [0.1, 0.15) is 23.1 Å². The van der Waals surface area contributed by atoms with Crippen molar-refractivity contribution in [3.05, 3.63) is 59.3 Å². The summed E-state index contributed by atoms with van der Waals surface area (Å²) in [5.41, 5.74) is 5.89. The van der Waals surface area contributed by atoms with Gasteiger partial charge < -0.3 is 10.2 Å². The van der Waals surface area contributed by atoms with Crippen LogP contribution in [0.4, 0.5) is 4.39 Å². The second-order valence-electron chi connectivity index (χ2n) is 4.15. The van der Waals surface area contributed by atoms with Crippen LogP contribution in [-0.2, 0) is 11.3 Å². The SMILES string of the molecule is N#Cc1ccc(CN[C@@H](C(N)=O)c2ccc(F)cc2)o1. The molecule has 0 aliphatic rings. The fraction of sp³-hybridized carbons (Fsp3) is 0.143. The van der Waals surface area contributed by atoms with E-state index in [1.165, 1.54) is 30.3 Å². The lowest BCUT2D eigenvalue weighted by Gasteiger charge is -2.14. The number of furan rings is 1. The highest BCUT2D eigenvalue weighted by Gasteiger charge is 2.17. The van der Waals surface area contributed by atoms with Gasteiger partial charge in [-0.1, -0.05) is 12.1 Å². The van der Waals surface area contributed by atoms with Crippen molar-refractivity contribution >= 4 is 5.91 Å². The van der Waals surface area contributed by atoms with E-state index in [1.54, 1.807) is 6.07 Å². The van der Waals surface area contributed by atoms with E-state index in [-0.39, 0.29) is 18.1 Å². The summed E-state index contributed by atoms with van der Waals surface area (Å²) in [6.45, 7) is 0.229. The fourth-order valence-corrected chi connectivity index (χ4v) is 1.77. The Hall–Kier alpha value is -2.65. The summed E-state index contributed by atoms with van der Waals surface area (Å²) in [4.78, 5) is 11.5. The van der Waals surface area contributed by atoms with Crippen LogP contribution < -0.4 is 11.1 Å². The molecule has 20 heavy (non-hydrogen) atoms. The van der Waals surface area contributed by atoms with Crippen molar-refractivity contribution in [1.29, 1.82) is 5.26 Å².